The van der Waals surface area contributed by atoms with Crippen LogP contribution in [0.3, 0.4) is 0 Å². The predicted molar refractivity (Wildman–Crippen MR) is 71.8 cm³/mol. The molecule has 1 fully saturated rings. The molecule has 94 valence electrons. The van der Waals surface area contributed by atoms with E-state index in [9.17, 15) is 4.79 Å². The molecule has 1 aliphatic rings. The fourth-order valence-electron chi connectivity index (χ4n) is 2.57. The molecule has 18 heavy (non-hydrogen) atoms. The molecule has 0 N–H and O–H groups in total. The average Bonchev–Trinajstić information content (AvgIpc) is 2.38. The highest BCUT2D eigenvalue weighted by atomic mass is 16.1. The van der Waals surface area contributed by atoms with Crippen molar-refractivity contribution in [1.29, 1.82) is 5.26 Å². The Morgan fingerprint density at radius 3 is 2.89 bits per heavy atom. The maximum Gasteiger partial charge on any atom is 0.161 e. The lowest BCUT2D eigenvalue weighted by atomic mass is 9.97. The van der Waals surface area contributed by atoms with Crippen molar-refractivity contribution in [2.45, 2.75) is 26.7 Å². The summed E-state index contributed by atoms with van der Waals surface area (Å²) in [6, 6.07) is 7.48. The van der Waals surface area contributed by atoms with Crippen LogP contribution in [0.15, 0.2) is 18.2 Å². The topological polar surface area (TPSA) is 44.1 Å². The second kappa shape index (κ2) is 5.22. The minimum atomic E-state index is 0.0627. The number of ketones is 1. The number of nitriles is 1. The lowest BCUT2D eigenvalue weighted by Crippen LogP contribution is -2.35. The normalized spacial score (nSPS) is 19.4. The zero-order valence-corrected chi connectivity index (χ0v) is 10.9. The molecule has 0 saturated carbocycles. The summed E-state index contributed by atoms with van der Waals surface area (Å²) < 4.78 is 0. The van der Waals surface area contributed by atoms with E-state index in [0.29, 0.717) is 11.5 Å². The number of Topliss-reactive ketones (excluding diaryl/α,β-unsaturated/α-hetero) is 1. The van der Waals surface area contributed by atoms with Gasteiger partial charge in [-0.15, -0.1) is 0 Å². The highest BCUT2D eigenvalue weighted by Crippen LogP contribution is 2.27. The van der Waals surface area contributed by atoms with Crippen LogP contribution in [0, 0.1) is 17.2 Å². The van der Waals surface area contributed by atoms with Gasteiger partial charge < -0.3 is 4.90 Å². The molecule has 2 rings (SSSR count). The number of hydrogen-bond acceptors (Lipinski definition) is 3. The van der Waals surface area contributed by atoms with E-state index < -0.39 is 0 Å². The summed E-state index contributed by atoms with van der Waals surface area (Å²) in [5, 5.41) is 8.99. The number of nitrogens with zero attached hydrogens (tertiary/aromatic N) is 2. The van der Waals surface area contributed by atoms with Crippen LogP contribution in [0.1, 0.15) is 42.6 Å². The fourth-order valence-corrected chi connectivity index (χ4v) is 2.57. The molecular formula is C15H18N2O. The molecule has 1 aromatic carbocycles. The second-order valence-electron chi connectivity index (χ2n) is 5.09. The average molecular weight is 242 g/mol. The van der Waals surface area contributed by atoms with Gasteiger partial charge in [-0.1, -0.05) is 6.92 Å². The lowest BCUT2D eigenvalue weighted by Gasteiger charge is -2.34. The van der Waals surface area contributed by atoms with E-state index in [1.54, 1.807) is 19.1 Å². The first-order valence-corrected chi connectivity index (χ1v) is 6.42. The Labute approximate surface area is 108 Å². The minimum absolute atomic E-state index is 0.0627. The highest BCUT2D eigenvalue weighted by molar-refractivity contribution is 6.00. The first kappa shape index (κ1) is 12.6. The van der Waals surface area contributed by atoms with Crippen molar-refractivity contribution in [2.24, 2.45) is 5.92 Å². The van der Waals surface area contributed by atoms with Gasteiger partial charge in [0.15, 0.2) is 5.78 Å². The molecule has 1 saturated heterocycles. The summed E-state index contributed by atoms with van der Waals surface area (Å²) in [5.74, 6) is 0.706. The van der Waals surface area contributed by atoms with Gasteiger partial charge in [-0.3, -0.25) is 4.79 Å². The summed E-state index contributed by atoms with van der Waals surface area (Å²) in [7, 11) is 0. The Balaban J connectivity index is 2.40. The van der Waals surface area contributed by atoms with E-state index in [1.807, 2.05) is 6.07 Å². The van der Waals surface area contributed by atoms with Crippen molar-refractivity contribution in [3.8, 4) is 6.07 Å². The van der Waals surface area contributed by atoms with Gasteiger partial charge in [0.05, 0.1) is 11.6 Å². The van der Waals surface area contributed by atoms with Gasteiger partial charge in [0, 0.05) is 24.3 Å². The molecule has 1 atom stereocenters. The van der Waals surface area contributed by atoms with Gasteiger partial charge in [0.1, 0.15) is 0 Å². The maximum atomic E-state index is 11.7. The van der Waals surface area contributed by atoms with Gasteiger partial charge >= 0.3 is 0 Å². The van der Waals surface area contributed by atoms with Crippen molar-refractivity contribution < 1.29 is 4.79 Å². The summed E-state index contributed by atoms with van der Waals surface area (Å²) in [5.41, 5.74) is 2.27. The highest BCUT2D eigenvalue weighted by Gasteiger charge is 2.20. The molecular weight excluding hydrogens is 224 g/mol. The van der Waals surface area contributed by atoms with Gasteiger partial charge in [-0.25, -0.2) is 0 Å². The monoisotopic (exact) mass is 242 g/mol. The van der Waals surface area contributed by atoms with Crippen LogP contribution in [0.4, 0.5) is 5.69 Å². The molecule has 1 aromatic rings. The van der Waals surface area contributed by atoms with Crippen LogP contribution in [0.2, 0.25) is 0 Å². The summed E-state index contributed by atoms with van der Waals surface area (Å²) in [4.78, 5) is 13.9. The van der Waals surface area contributed by atoms with Gasteiger partial charge in [-0.2, -0.15) is 5.26 Å². The van der Waals surface area contributed by atoms with Crippen molar-refractivity contribution >= 4 is 11.5 Å². The molecule has 1 unspecified atom stereocenters. The van der Waals surface area contributed by atoms with E-state index in [1.165, 1.54) is 6.42 Å². The predicted octanol–water partition coefficient (Wildman–Crippen LogP) is 3.00. The Hall–Kier alpha value is -1.82. The second-order valence-corrected chi connectivity index (χ2v) is 5.09. The largest absolute Gasteiger partial charge is 0.371 e. The van der Waals surface area contributed by atoms with E-state index in [0.717, 1.165) is 30.8 Å². The van der Waals surface area contributed by atoms with Gasteiger partial charge in [0.25, 0.3) is 0 Å². The zero-order chi connectivity index (χ0) is 13.1. The number of piperidine rings is 1. The fraction of sp³-hybridized carbons (Fsp3) is 0.467. The van der Waals surface area contributed by atoms with Gasteiger partial charge in [-0.05, 0) is 43.9 Å². The summed E-state index contributed by atoms with van der Waals surface area (Å²) in [6.07, 6.45) is 2.39. The van der Waals surface area contributed by atoms with Crippen LogP contribution >= 0.6 is 0 Å². The molecule has 0 amide bonds. The molecule has 0 radical (unpaired) electrons. The third-order valence-electron chi connectivity index (χ3n) is 3.50. The van der Waals surface area contributed by atoms with E-state index in [-0.39, 0.29) is 5.78 Å². The summed E-state index contributed by atoms with van der Waals surface area (Å²) in [6.45, 7) is 5.75. The third-order valence-corrected chi connectivity index (χ3v) is 3.50. The van der Waals surface area contributed by atoms with E-state index in [2.05, 4.69) is 17.9 Å². The van der Waals surface area contributed by atoms with Crippen LogP contribution < -0.4 is 4.90 Å². The minimum Gasteiger partial charge on any atom is -0.371 e. The number of rotatable bonds is 2. The number of benzene rings is 1. The van der Waals surface area contributed by atoms with Crippen molar-refractivity contribution in [3.63, 3.8) is 0 Å². The molecule has 0 bridgehead atoms. The zero-order valence-electron chi connectivity index (χ0n) is 10.9. The van der Waals surface area contributed by atoms with Crippen LogP contribution in [0.25, 0.3) is 0 Å². The van der Waals surface area contributed by atoms with Crippen LogP contribution in [-0.4, -0.2) is 18.9 Å². The molecule has 3 nitrogen and oxygen atoms in total. The SMILES string of the molecule is CC(=O)c1ccc(C#N)cc1N1CCCC(C)C1. The number of carbonyl (C=O) groups is 1. The molecule has 3 heteroatoms. The first-order valence-electron chi connectivity index (χ1n) is 6.42. The standard InChI is InChI=1S/C15H18N2O/c1-11-4-3-7-17(10-11)15-8-13(9-16)5-6-14(15)12(2)18/h5-6,8,11H,3-4,7,10H2,1-2H3. The van der Waals surface area contributed by atoms with Crippen LogP contribution in [0.5, 0.6) is 0 Å². The molecule has 0 spiro atoms. The Bertz CT molecular complexity index is 502. The Kier molecular flexibility index (Phi) is 3.66. The number of carbonyl (C=O) groups excluding carboxylic acids is 1. The van der Waals surface area contributed by atoms with E-state index >= 15 is 0 Å². The van der Waals surface area contributed by atoms with E-state index in [4.69, 9.17) is 5.26 Å². The lowest BCUT2D eigenvalue weighted by molar-refractivity contribution is 0.101. The molecule has 0 aliphatic carbocycles. The Morgan fingerprint density at radius 1 is 1.50 bits per heavy atom. The van der Waals surface area contributed by atoms with Crippen molar-refractivity contribution in [3.05, 3.63) is 29.3 Å². The number of hydrogen-bond donors (Lipinski definition) is 0. The first-order chi connectivity index (χ1) is 8.61. The number of anilines is 1. The molecule has 1 heterocycles. The summed E-state index contributed by atoms with van der Waals surface area (Å²) >= 11 is 0. The van der Waals surface area contributed by atoms with Gasteiger partial charge in [0.2, 0.25) is 0 Å². The van der Waals surface area contributed by atoms with Crippen molar-refractivity contribution in [2.75, 3.05) is 18.0 Å². The maximum absolute atomic E-state index is 11.7. The van der Waals surface area contributed by atoms with Crippen LogP contribution in [-0.2, 0) is 0 Å². The third kappa shape index (κ3) is 2.53. The Morgan fingerprint density at radius 2 is 2.28 bits per heavy atom. The molecule has 0 aromatic heterocycles. The van der Waals surface area contributed by atoms with Crippen molar-refractivity contribution in [1.82, 2.24) is 0 Å². The molecule has 1 aliphatic heterocycles. The smallest absolute Gasteiger partial charge is 0.161 e. The quantitative estimate of drug-likeness (QED) is 0.749.